The summed E-state index contributed by atoms with van der Waals surface area (Å²) in [6.45, 7) is 3.95. The van der Waals surface area contributed by atoms with Crippen LogP contribution in [0.4, 0.5) is 11.5 Å². The van der Waals surface area contributed by atoms with Crippen molar-refractivity contribution in [2.45, 2.75) is 63.6 Å². The number of rotatable bonds is 10. The van der Waals surface area contributed by atoms with Crippen molar-refractivity contribution in [3.8, 4) is 11.1 Å². The third-order valence-electron chi connectivity index (χ3n) is 6.21. The Hall–Kier alpha value is -1.89. The van der Waals surface area contributed by atoms with Crippen LogP contribution in [0.3, 0.4) is 0 Å². The second-order valence-electron chi connectivity index (χ2n) is 9.05. The quantitative estimate of drug-likeness (QED) is 0.481. The van der Waals surface area contributed by atoms with E-state index < -0.39 is 0 Å². The van der Waals surface area contributed by atoms with Gasteiger partial charge in [-0.1, -0.05) is 11.6 Å². The number of anilines is 2. The monoisotopic (exact) mass is 443 g/mol. The van der Waals surface area contributed by atoms with Gasteiger partial charge in [0.25, 0.3) is 0 Å². The maximum absolute atomic E-state index is 6.50. The molecule has 1 atom stereocenters. The number of hydrogen-bond donors (Lipinski definition) is 3. The van der Waals surface area contributed by atoms with Crippen LogP contribution < -0.4 is 16.0 Å². The second kappa shape index (κ2) is 10.6. The van der Waals surface area contributed by atoms with E-state index in [0.717, 1.165) is 67.4 Å². The predicted octanol–water partition coefficient (Wildman–Crippen LogP) is 4.97. The Balaban J connectivity index is 1.35. The van der Waals surface area contributed by atoms with Gasteiger partial charge < -0.3 is 20.7 Å². The van der Waals surface area contributed by atoms with E-state index in [0.29, 0.717) is 23.1 Å². The van der Waals surface area contributed by atoms with Crippen LogP contribution in [-0.2, 0) is 4.74 Å². The molecule has 7 heteroatoms. The highest BCUT2D eigenvalue weighted by Gasteiger charge is 2.23. The van der Waals surface area contributed by atoms with Gasteiger partial charge >= 0.3 is 0 Å². The molecule has 2 aromatic rings. The molecule has 31 heavy (non-hydrogen) atoms. The normalized spacial score (nSPS) is 22.2. The van der Waals surface area contributed by atoms with Gasteiger partial charge in [0.1, 0.15) is 5.82 Å². The SMILES string of the molecule is COCC(C)NC1CCC(Nc2cc(-c3cncc(NCC4CC4)c3)c(Cl)cn2)CC1. The lowest BCUT2D eigenvalue weighted by atomic mass is 9.90. The van der Waals surface area contributed by atoms with Gasteiger partial charge in [-0.05, 0) is 63.5 Å². The molecule has 2 heterocycles. The lowest BCUT2D eigenvalue weighted by molar-refractivity contribution is 0.161. The van der Waals surface area contributed by atoms with Crippen molar-refractivity contribution in [3.05, 3.63) is 35.7 Å². The fourth-order valence-electron chi connectivity index (χ4n) is 4.32. The molecule has 2 aromatic heterocycles. The topological polar surface area (TPSA) is 71.1 Å². The summed E-state index contributed by atoms with van der Waals surface area (Å²) in [6.07, 6.45) is 12.7. The van der Waals surface area contributed by atoms with Crippen molar-refractivity contribution in [2.75, 3.05) is 30.9 Å². The fraction of sp³-hybridized carbons (Fsp3) is 0.583. The van der Waals surface area contributed by atoms with Gasteiger partial charge in [-0.15, -0.1) is 0 Å². The van der Waals surface area contributed by atoms with E-state index in [4.69, 9.17) is 16.3 Å². The molecule has 2 saturated carbocycles. The lowest BCUT2D eigenvalue weighted by Crippen LogP contribution is -2.42. The molecule has 0 saturated heterocycles. The van der Waals surface area contributed by atoms with E-state index in [-0.39, 0.29) is 0 Å². The first-order valence-corrected chi connectivity index (χ1v) is 11.8. The van der Waals surface area contributed by atoms with Crippen LogP contribution in [0.15, 0.2) is 30.7 Å². The third kappa shape index (κ3) is 6.55. The summed E-state index contributed by atoms with van der Waals surface area (Å²) < 4.78 is 5.23. The predicted molar refractivity (Wildman–Crippen MR) is 128 cm³/mol. The maximum Gasteiger partial charge on any atom is 0.126 e. The molecule has 0 amide bonds. The zero-order chi connectivity index (χ0) is 21.6. The first-order valence-electron chi connectivity index (χ1n) is 11.5. The molecule has 0 spiro atoms. The number of hydrogen-bond acceptors (Lipinski definition) is 6. The maximum atomic E-state index is 6.50. The summed E-state index contributed by atoms with van der Waals surface area (Å²) in [5.74, 6) is 1.69. The van der Waals surface area contributed by atoms with E-state index in [1.54, 1.807) is 13.3 Å². The molecule has 0 bridgehead atoms. The van der Waals surface area contributed by atoms with Crippen molar-refractivity contribution in [1.29, 1.82) is 0 Å². The molecule has 4 rings (SSSR count). The first kappa shape index (κ1) is 22.3. The number of aromatic nitrogens is 2. The Morgan fingerprint density at radius 1 is 1.06 bits per heavy atom. The smallest absolute Gasteiger partial charge is 0.126 e. The minimum Gasteiger partial charge on any atom is -0.384 e. The van der Waals surface area contributed by atoms with Gasteiger partial charge in [0, 0.05) is 61.5 Å². The molecule has 168 valence electrons. The first-order chi connectivity index (χ1) is 15.1. The van der Waals surface area contributed by atoms with Crippen LogP contribution in [0.1, 0.15) is 45.4 Å². The summed E-state index contributed by atoms with van der Waals surface area (Å²) in [5.41, 5.74) is 3.02. The van der Waals surface area contributed by atoms with Gasteiger partial charge in [-0.2, -0.15) is 0 Å². The standard InChI is InChI=1S/C24H34ClN5O/c1-16(15-31-2)29-19-5-7-20(8-6-19)30-24-10-22(23(25)14-28-24)18-9-21(13-26-12-18)27-11-17-3-4-17/h9-10,12-14,16-17,19-20,27,29H,3-8,11,15H2,1-2H3,(H,28,30). The number of ether oxygens (including phenoxy) is 1. The van der Waals surface area contributed by atoms with Crippen molar-refractivity contribution < 1.29 is 4.74 Å². The second-order valence-corrected chi connectivity index (χ2v) is 9.46. The van der Waals surface area contributed by atoms with Crippen LogP contribution in [0.2, 0.25) is 5.02 Å². The van der Waals surface area contributed by atoms with Gasteiger partial charge in [0.05, 0.1) is 17.3 Å². The Bertz CT molecular complexity index is 852. The molecule has 2 fully saturated rings. The summed E-state index contributed by atoms with van der Waals surface area (Å²) >= 11 is 6.50. The summed E-state index contributed by atoms with van der Waals surface area (Å²) in [7, 11) is 1.75. The van der Waals surface area contributed by atoms with E-state index in [9.17, 15) is 0 Å². The van der Waals surface area contributed by atoms with E-state index in [1.807, 2.05) is 12.4 Å². The molecule has 0 aromatic carbocycles. The fourth-order valence-corrected chi connectivity index (χ4v) is 4.53. The Kier molecular flexibility index (Phi) is 7.64. The number of methoxy groups -OCH3 is 1. The average molecular weight is 444 g/mol. The van der Waals surface area contributed by atoms with Gasteiger partial charge in [-0.3, -0.25) is 4.98 Å². The van der Waals surface area contributed by atoms with E-state index in [1.165, 1.54) is 12.8 Å². The number of nitrogens with one attached hydrogen (secondary N) is 3. The van der Waals surface area contributed by atoms with Crippen molar-refractivity contribution in [2.24, 2.45) is 5.92 Å². The number of nitrogens with zero attached hydrogens (tertiary/aromatic N) is 2. The van der Waals surface area contributed by atoms with Crippen molar-refractivity contribution >= 4 is 23.1 Å². The zero-order valence-corrected chi connectivity index (χ0v) is 19.3. The molecule has 2 aliphatic carbocycles. The van der Waals surface area contributed by atoms with Crippen LogP contribution in [0.25, 0.3) is 11.1 Å². The molecule has 1 unspecified atom stereocenters. The molecule has 3 N–H and O–H groups in total. The lowest BCUT2D eigenvalue weighted by Gasteiger charge is -2.32. The highest BCUT2D eigenvalue weighted by Crippen LogP contribution is 2.32. The van der Waals surface area contributed by atoms with Crippen LogP contribution >= 0.6 is 11.6 Å². The van der Waals surface area contributed by atoms with Crippen LogP contribution in [0.5, 0.6) is 0 Å². The minimum atomic E-state index is 0.392. The van der Waals surface area contributed by atoms with Gasteiger partial charge in [-0.25, -0.2) is 4.98 Å². The largest absolute Gasteiger partial charge is 0.384 e. The molecule has 6 nitrogen and oxygen atoms in total. The highest BCUT2D eigenvalue weighted by atomic mass is 35.5. The van der Waals surface area contributed by atoms with Gasteiger partial charge in [0.15, 0.2) is 0 Å². The van der Waals surface area contributed by atoms with Crippen molar-refractivity contribution in [1.82, 2.24) is 15.3 Å². The minimum absolute atomic E-state index is 0.392. The van der Waals surface area contributed by atoms with Crippen molar-refractivity contribution in [3.63, 3.8) is 0 Å². The molecule has 0 radical (unpaired) electrons. The van der Waals surface area contributed by atoms with E-state index >= 15 is 0 Å². The number of pyridine rings is 2. The average Bonchev–Trinajstić information content (AvgIpc) is 3.60. The molecular formula is C24H34ClN5O. The van der Waals surface area contributed by atoms with Crippen LogP contribution in [0, 0.1) is 5.92 Å². The highest BCUT2D eigenvalue weighted by molar-refractivity contribution is 6.33. The zero-order valence-electron chi connectivity index (χ0n) is 18.5. The molecule has 2 aliphatic rings. The Labute approximate surface area is 190 Å². The van der Waals surface area contributed by atoms with Crippen LogP contribution in [-0.4, -0.2) is 48.4 Å². The summed E-state index contributed by atoms with van der Waals surface area (Å²) in [5, 5.41) is 11.4. The third-order valence-corrected chi connectivity index (χ3v) is 6.51. The molecule has 0 aliphatic heterocycles. The Morgan fingerprint density at radius 3 is 2.58 bits per heavy atom. The Morgan fingerprint density at radius 2 is 1.84 bits per heavy atom. The van der Waals surface area contributed by atoms with Gasteiger partial charge in [0.2, 0.25) is 0 Å². The summed E-state index contributed by atoms with van der Waals surface area (Å²) in [4.78, 5) is 8.94. The molecular weight excluding hydrogens is 410 g/mol. The summed E-state index contributed by atoms with van der Waals surface area (Å²) in [6, 6.07) is 5.56. The van der Waals surface area contributed by atoms with E-state index in [2.05, 4.69) is 45.0 Å². The number of halogens is 1.